The molecule has 0 aromatic heterocycles. The molecule has 0 bridgehead atoms. The van der Waals surface area contributed by atoms with E-state index >= 15 is 0 Å². The number of fused-ring (bicyclic) bond motifs is 1. The summed E-state index contributed by atoms with van der Waals surface area (Å²) in [7, 11) is 0. The summed E-state index contributed by atoms with van der Waals surface area (Å²) >= 11 is 0. The molecule has 0 saturated carbocycles. The molecule has 0 unspecified atom stereocenters. The Labute approximate surface area is 126 Å². The van der Waals surface area contributed by atoms with Crippen molar-refractivity contribution in [1.82, 2.24) is 0 Å². The Morgan fingerprint density at radius 2 is 2.00 bits per heavy atom. The van der Waals surface area contributed by atoms with Crippen LogP contribution in [0.2, 0.25) is 0 Å². The van der Waals surface area contributed by atoms with E-state index in [2.05, 4.69) is 0 Å². The normalized spacial score (nSPS) is 20.7. The summed E-state index contributed by atoms with van der Waals surface area (Å²) in [6, 6.07) is 5.88. The summed E-state index contributed by atoms with van der Waals surface area (Å²) in [5.74, 6) is -1.08. The first-order valence-electron chi connectivity index (χ1n) is 6.57. The summed E-state index contributed by atoms with van der Waals surface area (Å²) in [5.41, 5.74) is -3.12. The number of carbonyl (C=O) groups excluding carboxylic acids is 2. The number of anilines is 1. The number of hydrogen-bond donors (Lipinski definition) is 1. The van der Waals surface area contributed by atoms with Crippen molar-refractivity contribution >= 4 is 17.7 Å². The SMILES string of the molecule is CC(C)(C)OC(=O)N1C(=O)[C@@](O)(C[N+](=O)[O-])c2ccccc21. The Morgan fingerprint density at radius 3 is 2.55 bits per heavy atom. The Bertz CT molecular complexity index is 651. The second kappa shape index (κ2) is 5.06. The second-order valence-corrected chi connectivity index (χ2v) is 5.99. The molecule has 0 spiro atoms. The summed E-state index contributed by atoms with van der Waals surface area (Å²) in [5, 5.41) is 21.2. The molecule has 2 amide bonds. The number of carbonyl (C=O) groups is 2. The predicted molar refractivity (Wildman–Crippen MR) is 75.9 cm³/mol. The number of para-hydroxylation sites is 1. The molecule has 1 aromatic carbocycles. The van der Waals surface area contributed by atoms with Crippen LogP contribution < -0.4 is 4.90 Å². The molecule has 0 saturated heterocycles. The zero-order valence-electron chi connectivity index (χ0n) is 12.4. The third-order valence-electron chi connectivity index (χ3n) is 3.08. The van der Waals surface area contributed by atoms with Crippen LogP contribution in [0, 0.1) is 10.1 Å². The van der Waals surface area contributed by atoms with Crippen LogP contribution in [0.15, 0.2) is 24.3 Å². The van der Waals surface area contributed by atoms with Gasteiger partial charge in [-0.15, -0.1) is 0 Å². The van der Waals surface area contributed by atoms with Crippen LogP contribution in [0.4, 0.5) is 10.5 Å². The lowest BCUT2D eigenvalue weighted by Crippen LogP contribution is -2.48. The number of nitro groups is 1. The summed E-state index contributed by atoms with van der Waals surface area (Å²) in [4.78, 5) is 35.3. The molecule has 8 heteroatoms. The molecule has 0 fully saturated rings. The molecule has 118 valence electrons. The van der Waals surface area contributed by atoms with Gasteiger partial charge in [0, 0.05) is 10.5 Å². The first-order chi connectivity index (χ1) is 10.1. The molecule has 22 heavy (non-hydrogen) atoms. The van der Waals surface area contributed by atoms with Crippen molar-refractivity contribution in [3.05, 3.63) is 39.9 Å². The van der Waals surface area contributed by atoms with E-state index in [4.69, 9.17) is 4.74 Å². The van der Waals surface area contributed by atoms with Crippen molar-refractivity contribution in [3.8, 4) is 0 Å². The van der Waals surface area contributed by atoms with Gasteiger partial charge in [-0.1, -0.05) is 18.2 Å². The van der Waals surface area contributed by atoms with E-state index < -0.39 is 34.7 Å². The molecule has 1 atom stereocenters. The van der Waals surface area contributed by atoms with E-state index in [0.29, 0.717) is 4.90 Å². The number of rotatable bonds is 2. The smallest absolute Gasteiger partial charge is 0.421 e. The molecular formula is C14H16N2O6. The molecule has 1 N–H and O–H groups in total. The minimum Gasteiger partial charge on any atom is -0.443 e. The van der Waals surface area contributed by atoms with Gasteiger partial charge in [0.25, 0.3) is 5.91 Å². The monoisotopic (exact) mass is 308 g/mol. The second-order valence-electron chi connectivity index (χ2n) is 5.99. The number of amides is 2. The predicted octanol–water partition coefficient (Wildman–Crippen LogP) is 1.43. The molecule has 8 nitrogen and oxygen atoms in total. The Kier molecular flexibility index (Phi) is 3.66. The molecule has 1 aliphatic rings. The number of hydrogen-bond acceptors (Lipinski definition) is 6. The highest BCUT2D eigenvalue weighted by Gasteiger charge is 2.56. The summed E-state index contributed by atoms with van der Waals surface area (Å²) in [6.07, 6.45) is -0.982. The van der Waals surface area contributed by atoms with Crippen LogP contribution in [0.5, 0.6) is 0 Å². The van der Waals surface area contributed by atoms with Gasteiger partial charge in [-0.3, -0.25) is 14.9 Å². The number of benzene rings is 1. The van der Waals surface area contributed by atoms with E-state index in [1.165, 1.54) is 18.2 Å². The molecular weight excluding hydrogens is 292 g/mol. The maximum Gasteiger partial charge on any atom is 0.421 e. The van der Waals surface area contributed by atoms with Gasteiger partial charge < -0.3 is 9.84 Å². The molecule has 0 radical (unpaired) electrons. The van der Waals surface area contributed by atoms with E-state index in [0.717, 1.165) is 0 Å². The van der Waals surface area contributed by atoms with E-state index in [-0.39, 0.29) is 11.3 Å². The van der Waals surface area contributed by atoms with E-state index in [1.807, 2.05) is 0 Å². The largest absolute Gasteiger partial charge is 0.443 e. The molecule has 1 aromatic rings. The fourth-order valence-corrected chi connectivity index (χ4v) is 2.26. The molecule has 1 aliphatic heterocycles. The number of imide groups is 1. The van der Waals surface area contributed by atoms with Crippen LogP contribution in [0.3, 0.4) is 0 Å². The van der Waals surface area contributed by atoms with E-state index in [9.17, 15) is 24.8 Å². The Balaban J connectivity index is 2.48. The van der Waals surface area contributed by atoms with Crippen LogP contribution in [-0.4, -0.2) is 34.2 Å². The van der Waals surface area contributed by atoms with Gasteiger partial charge in [0.05, 0.1) is 5.69 Å². The van der Waals surface area contributed by atoms with Gasteiger partial charge in [0.1, 0.15) is 5.60 Å². The molecule has 1 heterocycles. The standard InChI is InChI=1S/C14H16N2O6/c1-13(2,3)22-12(18)16-10-7-5-4-6-9(10)14(19,11(16)17)8-15(20)21/h4-7,19H,8H2,1-3H3/t14-/m1/s1. The first kappa shape index (κ1) is 15.9. The van der Waals surface area contributed by atoms with Gasteiger partial charge in [-0.05, 0) is 26.8 Å². The lowest BCUT2D eigenvalue weighted by atomic mass is 9.96. The first-order valence-corrected chi connectivity index (χ1v) is 6.57. The van der Waals surface area contributed by atoms with Gasteiger partial charge in [-0.2, -0.15) is 0 Å². The third-order valence-corrected chi connectivity index (χ3v) is 3.08. The highest BCUT2D eigenvalue weighted by atomic mass is 16.6. The zero-order valence-corrected chi connectivity index (χ0v) is 12.4. The lowest BCUT2D eigenvalue weighted by Gasteiger charge is -2.24. The minimum atomic E-state index is -2.38. The number of aliphatic hydroxyl groups is 1. The Morgan fingerprint density at radius 1 is 1.41 bits per heavy atom. The molecule has 2 rings (SSSR count). The van der Waals surface area contributed by atoms with Crippen LogP contribution in [-0.2, 0) is 15.1 Å². The lowest BCUT2D eigenvalue weighted by molar-refractivity contribution is -0.498. The van der Waals surface area contributed by atoms with Crippen molar-refractivity contribution in [2.24, 2.45) is 0 Å². The van der Waals surface area contributed by atoms with Crippen molar-refractivity contribution in [3.63, 3.8) is 0 Å². The number of nitrogens with zero attached hydrogens (tertiary/aromatic N) is 2. The fourth-order valence-electron chi connectivity index (χ4n) is 2.26. The highest BCUT2D eigenvalue weighted by Crippen LogP contribution is 2.41. The van der Waals surface area contributed by atoms with Crippen molar-refractivity contribution in [2.75, 3.05) is 11.4 Å². The van der Waals surface area contributed by atoms with Gasteiger partial charge >= 0.3 is 6.09 Å². The summed E-state index contributed by atoms with van der Waals surface area (Å²) in [6.45, 7) is 3.85. The third kappa shape index (κ3) is 2.64. The van der Waals surface area contributed by atoms with Crippen LogP contribution in [0.1, 0.15) is 26.3 Å². The summed E-state index contributed by atoms with van der Waals surface area (Å²) < 4.78 is 5.13. The minimum absolute atomic E-state index is 0.0163. The highest BCUT2D eigenvalue weighted by molar-refractivity contribution is 6.20. The van der Waals surface area contributed by atoms with Crippen molar-refractivity contribution in [1.29, 1.82) is 0 Å². The average Bonchev–Trinajstić information content (AvgIpc) is 2.56. The van der Waals surface area contributed by atoms with Gasteiger partial charge in [0.15, 0.2) is 0 Å². The van der Waals surface area contributed by atoms with Gasteiger partial charge in [-0.25, -0.2) is 9.69 Å². The zero-order chi connectivity index (χ0) is 16.7. The fraction of sp³-hybridized carbons (Fsp3) is 0.429. The number of ether oxygens (including phenoxy) is 1. The van der Waals surface area contributed by atoms with Crippen LogP contribution >= 0.6 is 0 Å². The van der Waals surface area contributed by atoms with Crippen molar-refractivity contribution < 1.29 is 24.4 Å². The topological polar surface area (TPSA) is 110 Å². The van der Waals surface area contributed by atoms with E-state index in [1.54, 1.807) is 26.8 Å². The maximum absolute atomic E-state index is 12.4. The van der Waals surface area contributed by atoms with Crippen molar-refractivity contribution in [2.45, 2.75) is 32.0 Å². The maximum atomic E-state index is 12.4. The Hall–Kier alpha value is -2.48. The average molecular weight is 308 g/mol. The van der Waals surface area contributed by atoms with Crippen LogP contribution in [0.25, 0.3) is 0 Å². The molecule has 0 aliphatic carbocycles. The van der Waals surface area contributed by atoms with Gasteiger partial charge in [0.2, 0.25) is 12.1 Å². The quantitative estimate of drug-likeness (QED) is 0.653.